The molecular weight excluding hydrogens is 286 g/mol. The van der Waals surface area contributed by atoms with Gasteiger partial charge in [0.2, 0.25) is 5.91 Å². The third-order valence-electron chi connectivity index (χ3n) is 3.91. The van der Waals surface area contributed by atoms with Gasteiger partial charge >= 0.3 is 0 Å². The second-order valence-corrected chi connectivity index (χ2v) is 6.64. The second kappa shape index (κ2) is 8.48. The van der Waals surface area contributed by atoms with Crippen molar-refractivity contribution in [1.29, 1.82) is 0 Å². The summed E-state index contributed by atoms with van der Waals surface area (Å²) >= 11 is 1.81. The van der Waals surface area contributed by atoms with Crippen LogP contribution in [0.2, 0.25) is 0 Å². The fraction of sp³-hybridized carbons (Fsp3) is 0.667. The molecule has 1 aromatic heterocycles. The van der Waals surface area contributed by atoms with Gasteiger partial charge < -0.3 is 15.8 Å². The molecular formula is C15H25N3O2S. The lowest BCUT2D eigenvalue weighted by atomic mass is 9.96. The summed E-state index contributed by atoms with van der Waals surface area (Å²) in [6, 6.07) is 3.73. The Morgan fingerprint density at radius 2 is 2.33 bits per heavy atom. The average molecular weight is 311 g/mol. The first-order valence-electron chi connectivity index (χ1n) is 7.46. The molecule has 0 aliphatic carbocycles. The first-order valence-corrected chi connectivity index (χ1v) is 8.34. The summed E-state index contributed by atoms with van der Waals surface area (Å²) in [5.41, 5.74) is 5.70. The largest absolute Gasteiger partial charge is 0.383 e. The fourth-order valence-electron chi connectivity index (χ4n) is 2.60. The Labute approximate surface area is 130 Å². The summed E-state index contributed by atoms with van der Waals surface area (Å²) in [5, 5.41) is 5.06. The van der Waals surface area contributed by atoms with E-state index in [-0.39, 0.29) is 12.5 Å². The van der Waals surface area contributed by atoms with Gasteiger partial charge in [0, 0.05) is 25.1 Å². The van der Waals surface area contributed by atoms with E-state index in [2.05, 4.69) is 27.7 Å². The van der Waals surface area contributed by atoms with E-state index in [0.29, 0.717) is 5.92 Å². The number of carbonyl (C=O) groups excluding carboxylic acids is 1. The van der Waals surface area contributed by atoms with Gasteiger partial charge in [0.15, 0.2) is 0 Å². The minimum Gasteiger partial charge on any atom is -0.383 e. The van der Waals surface area contributed by atoms with Crippen molar-refractivity contribution in [3.63, 3.8) is 0 Å². The number of piperidine rings is 1. The Morgan fingerprint density at radius 3 is 2.95 bits per heavy atom. The van der Waals surface area contributed by atoms with Crippen LogP contribution in [0.5, 0.6) is 0 Å². The van der Waals surface area contributed by atoms with E-state index in [1.165, 1.54) is 4.88 Å². The smallest absolute Gasteiger partial charge is 0.239 e. The molecule has 0 aromatic carbocycles. The fourth-order valence-corrected chi connectivity index (χ4v) is 3.35. The van der Waals surface area contributed by atoms with Crippen LogP contribution < -0.4 is 11.1 Å². The van der Waals surface area contributed by atoms with Gasteiger partial charge in [-0.2, -0.15) is 0 Å². The third kappa shape index (κ3) is 5.39. The quantitative estimate of drug-likeness (QED) is 0.790. The lowest BCUT2D eigenvalue weighted by Crippen LogP contribution is -2.46. The van der Waals surface area contributed by atoms with E-state index in [1.807, 2.05) is 11.3 Å². The number of nitrogens with two attached hydrogens (primary N) is 1. The Bertz CT molecular complexity index is 417. The maximum atomic E-state index is 11.7. The van der Waals surface area contributed by atoms with Crippen LogP contribution in [0.1, 0.15) is 17.7 Å². The van der Waals surface area contributed by atoms with E-state index in [1.54, 1.807) is 7.11 Å². The Balaban J connectivity index is 1.64. The number of methoxy groups -OCH3 is 1. The Hall–Kier alpha value is -0.950. The molecule has 3 N–H and O–H groups in total. The van der Waals surface area contributed by atoms with Crippen LogP contribution in [0.3, 0.4) is 0 Å². The molecule has 0 bridgehead atoms. The lowest BCUT2D eigenvalue weighted by Gasteiger charge is -2.31. The topological polar surface area (TPSA) is 67.6 Å². The molecule has 6 heteroatoms. The highest BCUT2D eigenvalue weighted by atomic mass is 32.1. The number of thiophene rings is 1. The molecule has 2 rings (SSSR count). The van der Waals surface area contributed by atoms with E-state index < -0.39 is 6.04 Å². The summed E-state index contributed by atoms with van der Waals surface area (Å²) in [6.07, 6.45) is 2.26. The molecule has 1 saturated heterocycles. The average Bonchev–Trinajstić information content (AvgIpc) is 2.99. The summed E-state index contributed by atoms with van der Waals surface area (Å²) < 4.78 is 4.89. The number of nitrogens with one attached hydrogen (secondary N) is 1. The van der Waals surface area contributed by atoms with Crippen molar-refractivity contribution in [1.82, 2.24) is 10.2 Å². The van der Waals surface area contributed by atoms with Crippen LogP contribution in [0.15, 0.2) is 17.5 Å². The number of nitrogens with zero attached hydrogens (tertiary/aromatic N) is 1. The van der Waals surface area contributed by atoms with Gasteiger partial charge in [0.25, 0.3) is 0 Å². The number of carbonyl (C=O) groups is 1. The van der Waals surface area contributed by atoms with Crippen molar-refractivity contribution >= 4 is 17.2 Å². The van der Waals surface area contributed by atoms with Gasteiger partial charge in [0.1, 0.15) is 6.04 Å². The van der Waals surface area contributed by atoms with Crippen LogP contribution in [-0.4, -0.2) is 50.2 Å². The van der Waals surface area contributed by atoms with Crippen molar-refractivity contribution in [3.05, 3.63) is 22.4 Å². The summed E-state index contributed by atoms with van der Waals surface area (Å²) in [7, 11) is 1.55. The van der Waals surface area contributed by atoms with E-state index in [0.717, 1.165) is 39.0 Å². The molecule has 1 aromatic rings. The van der Waals surface area contributed by atoms with Gasteiger partial charge in [-0.05, 0) is 43.3 Å². The first kappa shape index (κ1) is 16.4. The highest BCUT2D eigenvalue weighted by molar-refractivity contribution is 7.09. The molecule has 0 radical (unpaired) electrons. The second-order valence-electron chi connectivity index (χ2n) is 5.61. The van der Waals surface area contributed by atoms with Crippen molar-refractivity contribution in [3.8, 4) is 0 Å². The SMILES string of the molecule is COCC(N)C(=O)NCC1CCN(Cc2cccs2)CC1. The molecule has 118 valence electrons. The zero-order valence-electron chi connectivity index (χ0n) is 12.6. The van der Waals surface area contributed by atoms with E-state index >= 15 is 0 Å². The van der Waals surface area contributed by atoms with Crippen molar-refractivity contribution < 1.29 is 9.53 Å². The predicted octanol–water partition coefficient (Wildman–Crippen LogP) is 1.05. The van der Waals surface area contributed by atoms with E-state index in [9.17, 15) is 4.79 Å². The minimum atomic E-state index is -0.561. The Kier molecular flexibility index (Phi) is 6.63. The van der Waals surface area contributed by atoms with Crippen LogP contribution in [0.4, 0.5) is 0 Å². The molecule has 21 heavy (non-hydrogen) atoms. The van der Waals surface area contributed by atoms with Crippen LogP contribution in [-0.2, 0) is 16.1 Å². The van der Waals surface area contributed by atoms with Crippen molar-refractivity contribution in [2.45, 2.75) is 25.4 Å². The monoisotopic (exact) mass is 311 g/mol. The molecule has 2 heterocycles. The van der Waals surface area contributed by atoms with Gasteiger partial charge in [-0.25, -0.2) is 0 Å². The van der Waals surface area contributed by atoms with Gasteiger partial charge in [-0.3, -0.25) is 9.69 Å². The predicted molar refractivity (Wildman–Crippen MR) is 85.2 cm³/mol. The zero-order valence-corrected chi connectivity index (χ0v) is 13.4. The molecule has 1 aliphatic heterocycles. The lowest BCUT2D eigenvalue weighted by molar-refractivity contribution is -0.123. The van der Waals surface area contributed by atoms with Gasteiger partial charge in [0.05, 0.1) is 6.61 Å². The maximum Gasteiger partial charge on any atom is 0.239 e. The van der Waals surface area contributed by atoms with E-state index in [4.69, 9.17) is 10.5 Å². The normalized spacial score (nSPS) is 18.6. The number of rotatable bonds is 7. The van der Waals surface area contributed by atoms with Crippen LogP contribution in [0.25, 0.3) is 0 Å². The van der Waals surface area contributed by atoms with Crippen molar-refractivity contribution in [2.75, 3.05) is 33.4 Å². The molecule has 5 nitrogen and oxygen atoms in total. The number of hydrogen-bond donors (Lipinski definition) is 2. The first-order chi connectivity index (χ1) is 10.2. The Morgan fingerprint density at radius 1 is 1.57 bits per heavy atom. The molecule has 1 unspecified atom stereocenters. The highest BCUT2D eigenvalue weighted by Crippen LogP contribution is 2.20. The summed E-state index contributed by atoms with van der Waals surface area (Å²) in [5.74, 6) is 0.446. The molecule has 1 amide bonds. The molecule has 1 aliphatic rings. The minimum absolute atomic E-state index is 0.113. The zero-order chi connectivity index (χ0) is 15.1. The molecule has 1 atom stereocenters. The maximum absolute atomic E-state index is 11.7. The molecule has 0 saturated carbocycles. The number of likely N-dealkylation sites (tertiary alicyclic amines) is 1. The number of amides is 1. The summed E-state index contributed by atoms with van der Waals surface area (Å²) in [4.78, 5) is 15.6. The molecule has 1 fully saturated rings. The van der Waals surface area contributed by atoms with Gasteiger partial charge in [-0.1, -0.05) is 6.07 Å². The van der Waals surface area contributed by atoms with Crippen molar-refractivity contribution in [2.24, 2.45) is 11.7 Å². The number of hydrogen-bond acceptors (Lipinski definition) is 5. The van der Waals surface area contributed by atoms with Crippen LogP contribution >= 0.6 is 11.3 Å². The number of ether oxygens (including phenoxy) is 1. The highest BCUT2D eigenvalue weighted by Gasteiger charge is 2.21. The third-order valence-corrected chi connectivity index (χ3v) is 4.78. The molecule has 0 spiro atoms. The van der Waals surface area contributed by atoms with Gasteiger partial charge in [-0.15, -0.1) is 11.3 Å². The summed E-state index contributed by atoms with van der Waals surface area (Å²) in [6.45, 7) is 4.24. The van der Waals surface area contributed by atoms with Crippen LogP contribution in [0, 0.1) is 5.92 Å². The standard InChI is InChI=1S/C15H25N3O2S/c1-20-11-14(16)15(19)17-9-12-4-6-18(7-5-12)10-13-3-2-8-21-13/h2-3,8,12,14H,4-7,9-11,16H2,1H3,(H,17,19).